The van der Waals surface area contributed by atoms with Crippen LogP contribution in [-0.2, 0) is 0 Å². The summed E-state index contributed by atoms with van der Waals surface area (Å²) in [6, 6.07) is 12.9. The first-order valence-corrected chi connectivity index (χ1v) is 6.82. The van der Waals surface area contributed by atoms with E-state index in [2.05, 4.69) is 58.5 Å². The van der Waals surface area contributed by atoms with Gasteiger partial charge in [-0.25, -0.2) is 4.98 Å². The van der Waals surface area contributed by atoms with Gasteiger partial charge in [-0.3, -0.25) is 0 Å². The van der Waals surface area contributed by atoms with E-state index in [-0.39, 0.29) is 0 Å². The maximum Gasteiger partial charge on any atom is 0.128 e. The van der Waals surface area contributed by atoms with Gasteiger partial charge in [0.05, 0.1) is 0 Å². The number of aromatic nitrogens is 1. The van der Waals surface area contributed by atoms with Gasteiger partial charge in [0.2, 0.25) is 0 Å². The summed E-state index contributed by atoms with van der Waals surface area (Å²) in [5.41, 5.74) is 3.69. The number of pyridine rings is 1. The predicted octanol–water partition coefficient (Wildman–Crippen LogP) is 2.47. The fourth-order valence-electron chi connectivity index (χ4n) is 2.38. The van der Waals surface area contributed by atoms with Gasteiger partial charge in [-0.15, -0.1) is 0 Å². The van der Waals surface area contributed by atoms with Crippen LogP contribution < -0.4 is 10.2 Å². The molecule has 0 amide bonds. The molecule has 1 aliphatic heterocycles. The molecule has 0 aliphatic carbocycles. The molecule has 1 aliphatic rings. The van der Waals surface area contributed by atoms with E-state index in [4.69, 9.17) is 0 Å². The van der Waals surface area contributed by atoms with E-state index in [1.807, 2.05) is 6.20 Å². The highest BCUT2D eigenvalue weighted by Crippen LogP contribution is 2.21. The van der Waals surface area contributed by atoms with Crippen LogP contribution in [-0.4, -0.2) is 31.2 Å². The Kier molecular flexibility index (Phi) is 3.47. The van der Waals surface area contributed by atoms with Gasteiger partial charge in [0.1, 0.15) is 5.82 Å². The molecule has 98 valence electrons. The summed E-state index contributed by atoms with van der Waals surface area (Å²) in [7, 11) is 0. The average molecular weight is 253 g/mol. The van der Waals surface area contributed by atoms with Crippen molar-refractivity contribution in [1.82, 2.24) is 10.3 Å². The second-order valence-electron chi connectivity index (χ2n) is 5.01. The molecular weight excluding hydrogens is 234 g/mol. The molecule has 1 fully saturated rings. The van der Waals surface area contributed by atoms with Crippen molar-refractivity contribution >= 4 is 5.82 Å². The summed E-state index contributed by atoms with van der Waals surface area (Å²) >= 11 is 0. The summed E-state index contributed by atoms with van der Waals surface area (Å²) in [5, 5.41) is 3.36. The molecule has 0 radical (unpaired) electrons. The third-order valence-electron chi connectivity index (χ3n) is 3.57. The predicted molar refractivity (Wildman–Crippen MR) is 79.5 cm³/mol. The van der Waals surface area contributed by atoms with Crippen LogP contribution in [0.1, 0.15) is 5.56 Å². The molecule has 3 heteroatoms. The van der Waals surface area contributed by atoms with E-state index >= 15 is 0 Å². The zero-order valence-electron chi connectivity index (χ0n) is 11.3. The lowest BCUT2D eigenvalue weighted by Crippen LogP contribution is -2.43. The standard InChI is InChI=1S/C16H19N3/c1-13-2-4-14(5-3-13)15-6-7-16(18-12-15)19-10-8-17-9-11-19/h2-7,12,17H,8-11H2,1H3. The third-order valence-corrected chi connectivity index (χ3v) is 3.57. The first-order chi connectivity index (χ1) is 9.33. The molecule has 1 aromatic carbocycles. The quantitative estimate of drug-likeness (QED) is 0.891. The number of aryl methyl sites for hydroxylation is 1. The number of piperazine rings is 1. The summed E-state index contributed by atoms with van der Waals surface area (Å²) in [6.45, 7) is 6.27. The van der Waals surface area contributed by atoms with Gasteiger partial charge in [0.25, 0.3) is 0 Å². The largest absolute Gasteiger partial charge is 0.354 e. The molecule has 3 nitrogen and oxygen atoms in total. The molecule has 1 aromatic heterocycles. The number of hydrogen-bond donors (Lipinski definition) is 1. The van der Waals surface area contributed by atoms with Crippen LogP contribution in [0.2, 0.25) is 0 Å². The Morgan fingerprint density at radius 3 is 2.26 bits per heavy atom. The van der Waals surface area contributed by atoms with Crippen LogP contribution in [0.15, 0.2) is 42.6 Å². The molecule has 1 N–H and O–H groups in total. The zero-order chi connectivity index (χ0) is 13.1. The lowest BCUT2D eigenvalue weighted by atomic mass is 10.1. The van der Waals surface area contributed by atoms with E-state index in [0.717, 1.165) is 32.0 Å². The maximum absolute atomic E-state index is 4.60. The Balaban J connectivity index is 1.80. The minimum Gasteiger partial charge on any atom is -0.354 e. The van der Waals surface area contributed by atoms with Crippen LogP contribution >= 0.6 is 0 Å². The monoisotopic (exact) mass is 253 g/mol. The highest BCUT2D eigenvalue weighted by atomic mass is 15.2. The van der Waals surface area contributed by atoms with Crippen molar-refractivity contribution in [3.63, 3.8) is 0 Å². The second kappa shape index (κ2) is 5.41. The highest BCUT2D eigenvalue weighted by molar-refractivity contribution is 5.64. The van der Waals surface area contributed by atoms with Crippen LogP contribution in [0.25, 0.3) is 11.1 Å². The van der Waals surface area contributed by atoms with E-state index in [1.165, 1.54) is 16.7 Å². The maximum atomic E-state index is 4.60. The summed E-state index contributed by atoms with van der Waals surface area (Å²) in [5.74, 6) is 1.08. The number of anilines is 1. The molecule has 0 spiro atoms. The zero-order valence-corrected chi connectivity index (χ0v) is 11.3. The molecule has 2 heterocycles. The van der Waals surface area contributed by atoms with Gasteiger partial charge in [-0.1, -0.05) is 29.8 Å². The first-order valence-electron chi connectivity index (χ1n) is 6.82. The second-order valence-corrected chi connectivity index (χ2v) is 5.01. The molecular formula is C16H19N3. The third kappa shape index (κ3) is 2.76. The Morgan fingerprint density at radius 2 is 1.63 bits per heavy atom. The molecule has 0 saturated carbocycles. The number of rotatable bonds is 2. The summed E-state index contributed by atoms with van der Waals surface area (Å²) in [4.78, 5) is 6.93. The van der Waals surface area contributed by atoms with Gasteiger partial charge in [0.15, 0.2) is 0 Å². The molecule has 3 rings (SSSR count). The van der Waals surface area contributed by atoms with Gasteiger partial charge >= 0.3 is 0 Å². The Bertz CT molecular complexity index is 525. The Labute approximate surface area is 114 Å². The minimum absolute atomic E-state index is 1.04. The fraction of sp³-hybridized carbons (Fsp3) is 0.312. The van der Waals surface area contributed by atoms with Crippen molar-refractivity contribution in [2.24, 2.45) is 0 Å². The van der Waals surface area contributed by atoms with Crippen LogP contribution in [0.3, 0.4) is 0 Å². The summed E-state index contributed by atoms with van der Waals surface area (Å²) in [6.07, 6.45) is 1.97. The molecule has 19 heavy (non-hydrogen) atoms. The Morgan fingerprint density at radius 1 is 0.947 bits per heavy atom. The number of hydrogen-bond acceptors (Lipinski definition) is 3. The molecule has 1 saturated heterocycles. The topological polar surface area (TPSA) is 28.2 Å². The summed E-state index contributed by atoms with van der Waals surface area (Å²) < 4.78 is 0. The first kappa shape index (κ1) is 12.2. The smallest absolute Gasteiger partial charge is 0.128 e. The van der Waals surface area contributed by atoms with Crippen molar-refractivity contribution in [1.29, 1.82) is 0 Å². The van der Waals surface area contributed by atoms with E-state index < -0.39 is 0 Å². The van der Waals surface area contributed by atoms with Gasteiger partial charge < -0.3 is 10.2 Å². The Hall–Kier alpha value is -1.87. The molecule has 2 aromatic rings. The van der Waals surface area contributed by atoms with Gasteiger partial charge in [-0.05, 0) is 24.6 Å². The molecule has 0 atom stereocenters. The van der Waals surface area contributed by atoms with Crippen molar-refractivity contribution in [3.05, 3.63) is 48.2 Å². The van der Waals surface area contributed by atoms with Gasteiger partial charge in [0, 0.05) is 37.9 Å². The van der Waals surface area contributed by atoms with Crippen LogP contribution in [0.4, 0.5) is 5.82 Å². The van der Waals surface area contributed by atoms with E-state index in [9.17, 15) is 0 Å². The molecule has 0 bridgehead atoms. The van der Waals surface area contributed by atoms with Crippen molar-refractivity contribution < 1.29 is 0 Å². The normalized spacial score (nSPS) is 15.5. The number of nitrogens with zero attached hydrogens (tertiary/aromatic N) is 2. The van der Waals surface area contributed by atoms with Crippen LogP contribution in [0.5, 0.6) is 0 Å². The number of benzene rings is 1. The lowest BCUT2D eigenvalue weighted by Gasteiger charge is -2.28. The molecule has 0 unspecified atom stereocenters. The lowest BCUT2D eigenvalue weighted by molar-refractivity contribution is 0.585. The van der Waals surface area contributed by atoms with Crippen molar-refractivity contribution in [2.75, 3.05) is 31.1 Å². The van der Waals surface area contributed by atoms with E-state index in [0.29, 0.717) is 0 Å². The SMILES string of the molecule is Cc1ccc(-c2ccc(N3CCNCC3)nc2)cc1. The highest BCUT2D eigenvalue weighted by Gasteiger charge is 2.11. The van der Waals surface area contributed by atoms with Gasteiger partial charge in [-0.2, -0.15) is 0 Å². The average Bonchev–Trinajstić information content (AvgIpc) is 2.49. The van der Waals surface area contributed by atoms with Crippen molar-refractivity contribution in [3.8, 4) is 11.1 Å². The van der Waals surface area contributed by atoms with E-state index in [1.54, 1.807) is 0 Å². The fourth-order valence-corrected chi connectivity index (χ4v) is 2.38. The minimum atomic E-state index is 1.04. The number of nitrogens with one attached hydrogen (secondary N) is 1. The van der Waals surface area contributed by atoms with Crippen LogP contribution in [0, 0.1) is 6.92 Å². The van der Waals surface area contributed by atoms with Crippen molar-refractivity contribution in [2.45, 2.75) is 6.92 Å².